The third-order valence-electron chi connectivity index (χ3n) is 4.11. The summed E-state index contributed by atoms with van der Waals surface area (Å²) in [6.45, 7) is 8.31. The minimum absolute atomic E-state index is 0.0416. The van der Waals surface area contributed by atoms with E-state index in [4.69, 9.17) is 5.11 Å². The fourth-order valence-electron chi connectivity index (χ4n) is 2.48. The SMILES string of the molecule is CC(NC1CCCCC1(C)C)C(C)C(=O)O. The molecular weight excluding hydrogens is 202 g/mol. The lowest BCUT2D eigenvalue weighted by Gasteiger charge is -2.41. The van der Waals surface area contributed by atoms with Gasteiger partial charge < -0.3 is 10.4 Å². The van der Waals surface area contributed by atoms with Crippen molar-refractivity contribution in [2.24, 2.45) is 11.3 Å². The van der Waals surface area contributed by atoms with Crippen molar-refractivity contribution in [2.75, 3.05) is 0 Å². The Bertz CT molecular complexity index is 250. The lowest BCUT2D eigenvalue weighted by Crippen LogP contribution is -2.50. The van der Waals surface area contributed by atoms with Crippen molar-refractivity contribution in [3.63, 3.8) is 0 Å². The van der Waals surface area contributed by atoms with E-state index in [-0.39, 0.29) is 12.0 Å². The van der Waals surface area contributed by atoms with Gasteiger partial charge in [-0.2, -0.15) is 0 Å². The smallest absolute Gasteiger partial charge is 0.307 e. The van der Waals surface area contributed by atoms with Gasteiger partial charge in [-0.1, -0.05) is 33.6 Å². The molecule has 0 aromatic heterocycles. The normalized spacial score (nSPS) is 28.4. The highest BCUT2D eigenvalue weighted by Gasteiger charge is 2.34. The zero-order valence-corrected chi connectivity index (χ0v) is 10.9. The van der Waals surface area contributed by atoms with Crippen LogP contribution < -0.4 is 5.32 Å². The molecular formula is C13H25NO2. The molecule has 1 fully saturated rings. The van der Waals surface area contributed by atoms with Crippen molar-refractivity contribution in [1.29, 1.82) is 0 Å². The Kier molecular flexibility index (Phi) is 4.36. The molecule has 0 saturated heterocycles. The van der Waals surface area contributed by atoms with E-state index in [1.54, 1.807) is 6.92 Å². The fourth-order valence-corrected chi connectivity index (χ4v) is 2.48. The van der Waals surface area contributed by atoms with Crippen LogP contribution >= 0.6 is 0 Å². The Morgan fingerprint density at radius 2 is 2.00 bits per heavy atom. The van der Waals surface area contributed by atoms with Crippen LogP contribution in [-0.2, 0) is 4.79 Å². The van der Waals surface area contributed by atoms with Crippen molar-refractivity contribution in [2.45, 2.75) is 65.5 Å². The number of aliphatic carboxylic acids is 1. The summed E-state index contributed by atoms with van der Waals surface area (Å²) in [4.78, 5) is 10.9. The number of hydrogen-bond donors (Lipinski definition) is 2. The number of carboxylic acid groups (broad SMARTS) is 1. The Balaban J connectivity index is 2.55. The van der Waals surface area contributed by atoms with Gasteiger partial charge in [-0.25, -0.2) is 0 Å². The molecule has 0 radical (unpaired) electrons. The number of nitrogens with one attached hydrogen (secondary N) is 1. The van der Waals surface area contributed by atoms with Crippen LogP contribution in [0.3, 0.4) is 0 Å². The summed E-state index contributed by atoms with van der Waals surface area (Å²) in [7, 11) is 0. The molecule has 3 atom stereocenters. The van der Waals surface area contributed by atoms with E-state index in [2.05, 4.69) is 19.2 Å². The first-order chi connectivity index (χ1) is 7.34. The first kappa shape index (κ1) is 13.5. The van der Waals surface area contributed by atoms with E-state index in [1.165, 1.54) is 25.7 Å². The summed E-state index contributed by atoms with van der Waals surface area (Å²) in [5, 5.41) is 12.5. The number of carbonyl (C=O) groups is 1. The molecule has 1 aliphatic rings. The monoisotopic (exact) mass is 227 g/mol. The molecule has 0 aromatic rings. The second kappa shape index (κ2) is 5.17. The second-order valence-corrected chi connectivity index (χ2v) is 5.87. The molecule has 0 aromatic carbocycles. The fraction of sp³-hybridized carbons (Fsp3) is 0.923. The van der Waals surface area contributed by atoms with Crippen LogP contribution in [0.5, 0.6) is 0 Å². The predicted molar refractivity (Wildman–Crippen MR) is 65.4 cm³/mol. The summed E-state index contributed by atoms with van der Waals surface area (Å²) in [6, 6.07) is 0.498. The molecule has 3 nitrogen and oxygen atoms in total. The van der Waals surface area contributed by atoms with Crippen LogP contribution in [0.4, 0.5) is 0 Å². The number of hydrogen-bond acceptors (Lipinski definition) is 2. The average Bonchev–Trinajstić information content (AvgIpc) is 2.19. The van der Waals surface area contributed by atoms with Crippen LogP contribution in [0.15, 0.2) is 0 Å². The van der Waals surface area contributed by atoms with Crippen LogP contribution in [0, 0.1) is 11.3 Å². The Labute approximate surface area is 98.6 Å². The van der Waals surface area contributed by atoms with Gasteiger partial charge >= 0.3 is 5.97 Å². The molecule has 94 valence electrons. The number of rotatable bonds is 4. The van der Waals surface area contributed by atoms with Gasteiger partial charge in [0.1, 0.15) is 0 Å². The van der Waals surface area contributed by atoms with Crippen LogP contribution in [0.2, 0.25) is 0 Å². The number of carboxylic acids is 1. The average molecular weight is 227 g/mol. The van der Waals surface area contributed by atoms with Gasteiger partial charge in [-0.15, -0.1) is 0 Å². The van der Waals surface area contributed by atoms with E-state index in [9.17, 15) is 4.79 Å². The third-order valence-corrected chi connectivity index (χ3v) is 4.11. The zero-order valence-electron chi connectivity index (χ0n) is 10.9. The second-order valence-electron chi connectivity index (χ2n) is 5.87. The maximum atomic E-state index is 10.9. The minimum atomic E-state index is -0.714. The summed E-state index contributed by atoms with van der Waals surface area (Å²) < 4.78 is 0. The van der Waals surface area contributed by atoms with Crippen molar-refractivity contribution in [1.82, 2.24) is 5.32 Å². The molecule has 1 saturated carbocycles. The van der Waals surface area contributed by atoms with Gasteiger partial charge in [-0.3, -0.25) is 4.79 Å². The molecule has 1 aliphatic carbocycles. The maximum absolute atomic E-state index is 10.9. The van der Waals surface area contributed by atoms with Crippen molar-refractivity contribution < 1.29 is 9.90 Å². The molecule has 0 aliphatic heterocycles. The van der Waals surface area contributed by atoms with Gasteiger partial charge in [0.15, 0.2) is 0 Å². The summed E-state index contributed by atoms with van der Waals surface area (Å²) in [5.41, 5.74) is 0.296. The standard InChI is InChI=1S/C13H25NO2/c1-9(12(15)16)10(2)14-11-7-5-6-8-13(11,3)4/h9-11,14H,5-8H2,1-4H3,(H,15,16). The Morgan fingerprint density at radius 1 is 1.38 bits per heavy atom. The molecule has 0 bridgehead atoms. The highest BCUT2D eigenvalue weighted by Crippen LogP contribution is 2.35. The maximum Gasteiger partial charge on any atom is 0.307 e. The van der Waals surface area contributed by atoms with E-state index in [1.807, 2.05) is 6.92 Å². The molecule has 3 unspecified atom stereocenters. The predicted octanol–water partition coefficient (Wildman–Crippen LogP) is 2.65. The molecule has 3 heteroatoms. The van der Waals surface area contributed by atoms with Gasteiger partial charge in [0.25, 0.3) is 0 Å². The Hall–Kier alpha value is -0.570. The van der Waals surface area contributed by atoms with Crippen molar-refractivity contribution in [3.05, 3.63) is 0 Å². The van der Waals surface area contributed by atoms with E-state index in [0.717, 1.165) is 0 Å². The summed E-state index contributed by atoms with van der Waals surface area (Å²) in [5.74, 6) is -1.04. The minimum Gasteiger partial charge on any atom is -0.481 e. The zero-order chi connectivity index (χ0) is 12.3. The van der Waals surface area contributed by atoms with Crippen molar-refractivity contribution in [3.8, 4) is 0 Å². The molecule has 0 spiro atoms. The van der Waals surface area contributed by atoms with Crippen LogP contribution in [-0.4, -0.2) is 23.2 Å². The topological polar surface area (TPSA) is 49.3 Å². The first-order valence-electron chi connectivity index (χ1n) is 6.33. The van der Waals surface area contributed by atoms with Crippen LogP contribution in [0.25, 0.3) is 0 Å². The highest BCUT2D eigenvalue weighted by atomic mass is 16.4. The summed E-state index contributed by atoms with van der Waals surface area (Å²) >= 11 is 0. The molecule has 1 rings (SSSR count). The molecule has 0 heterocycles. The highest BCUT2D eigenvalue weighted by molar-refractivity contribution is 5.70. The first-order valence-corrected chi connectivity index (χ1v) is 6.33. The van der Waals surface area contributed by atoms with E-state index < -0.39 is 5.97 Å². The van der Waals surface area contributed by atoms with Crippen molar-refractivity contribution >= 4 is 5.97 Å². The molecule has 16 heavy (non-hydrogen) atoms. The summed E-state index contributed by atoms with van der Waals surface area (Å²) in [6.07, 6.45) is 4.96. The van der Waals surface area contributed by atoms with Gasteiger partial charge in [-0.05, 0) is 25.2 Å². The van der Waals surface area contributed by atoms with E-state index in [0.29, 0.717) is 11.5 Å². The van der Waals surface area contributed by atoms with Gasteiger partial charge in [0.05, 0.1) is 5.92 Å². The van der Waals surface area contributed by atoms with Gasteiger partial charge in [0, 0.05) is 12.1 Å². The lowest BCUT2D eigenvalue weighted by molar-refractivity contribution is -0.142. The quantitative estimate of drug-likeness (QED) is 0.776. The molecule has 2 N–H and O–H groups in total. The van der Waals surface area contributed by atoms with Gasteiger partial charge in [0.2, 0.25) is 0 Å². The molecule has 0 amide bonds. The van der Waals surface area contributed by atoms with Crippen LogP contribution in [0.1, 0.15) is 53.4 Å². The Morgan fingerprint density at radius 3 is 2.50 bits per heavy atom. The van der Waals surface area contributed by atoms with E-state index >= 15 is 0 Å². The third kappa shape index (κ3) is 3.21. The largest absolute Gasteiger partial charge is 0.481 e. The lowest BCUT2D eigenvalue weighted by atomic mass is 9.73.